The van der Waals surface area contributed by atoms with E-state index in [0.29, 0.717) is 29.5 Å². The van der Waals surface area contributed by atoms with Crippen molar-refractivity contribution in [2.45, 2.75) is 19.8 Å². The molecule has 3 rings (SSSR count). The van der Waals surface area contributed by atoms with E-state index in [4.69, 9.17) is 21.1 Å². The van der Waals surface area contributed by atoms with Gasteiger partial charge in [0.05, 0.1) is 11.6 Å². The lowest BCUT2D eigenvalue weighted by molar-refractivity contribution is -0.130. The number of nitrogens with zero attached hydrogens (tertiary/aromatic N) is 1. The molecule has 0 aromatic heterocycles. The Hall–Kier alpha value is -2.79. The molecule has 0 heterocycles. The zero-order chi connectivity index (χ0) is 21.0. The molecule has 0 N–H and O–H groups in total. The lowest BCUT2D eigenvalue weighted by Crippen LogP contribution is -2.27. The van der Waals surface area contributed by atoms with Crippen molar-refractivity contribution in [1.29, 1.82) is 0 Å². The number of allylic oxidation sites excluding steroid dienone is 1. The fourth-order valence-electron chi connectivity index (χ4n) is 3.19. The Morgan fingerprint density at radius 2 is 1.93 bits per heavy atom. The maximum absolute atomic E-state index is 12.8. The number of halogens is 1. The molecular weight excluding hydrogens is 390 g/mol. The lowest BCUT2D eigenvalue weighted by Gasteiger charge is -2.18. The SMILES string of the molecule is CCOc1cc(/C=C2\CCc3ccccc3C2=O)cc(Cl)c1OCC(=O)N(C)C. The smallest absolute Gasteiger partial charge is 0.259 e. The Balaban J connectivity index is 1.90. The van der Waals surface area contributed by atoms with Crippen LogP contribution in [-0.2, 0) is 11.2 Å². The Morgan fingerprint density at radius 1 is 1.17 bits per heavy atom. The third-order valence-corrected chi connectivity index (χ3v) is 5.01. The fourth-order valence-corrected chi connectivity index (χ4v) is 3.47. The van der Waals surface area contributed by atoms with Crippen LogP contribution in [0.15, 0.2) is 42.0 Å². The van der Waals surface area contributed by atoms with Crippen molar-refractivity contribution in [2.24, 2.45) is 0 Å². The average molecular weight is 414 g/mol. The van der Waals surface area contributed by atoms with Gasteiger partial charge >= 0.3 is 0 Å². The van der Waals surface area contributed by atoms with Crippen LogP contribution in [0.1, 0.15) is 34.8 Å². The summed E-state index contributed by atoms with van der Waals surface area (Å²) in [4.78, 5) is 26.1. The number of hydrogen-bond donors (Lipinski definition) is 0. The average Bonchev–Trinajstić information content (AvgIpc) is 2.69. The van der Waals surface area contributed by atoms with Crippen LogP contribution in [0.25, 0.3) is 6.08 Å². The predicted molar refractivity (Wildman–Crippen MR) is 114 cm³/mol. The van der Waals surface area contributed by atoms with E-state index in [-0.39, 0.29) is 18.3 Å². The third-order valence-electron chi connectivity index (χ3n) is 4.73. The molecule has 2 aromatic carbocycles. The molecule has 1 amide bonds. The highest BCUT2D eigenvalue weighted by molar-refractivity contribution is 6.32. The van der Waals surface area contributed by atoms with Gasteiger partial charge < -0.3 is 14.4 Å². The molecule has 6 heteroatoms. The summed E-state index contributed by atoms with van der Waals surface area (Å²) in [6, 6.07) is 11.2. The summed E-state index contributed by atoms with van der Waals surface area (Å²) in [7, 11) is 3.32. The number of ketones is 1. The van der Waals surface area contributed by atoms with Gasteiger partial charge in [-0.05, 0) is 49.1 Å². The van der Waals surface area contributed by atoms with Crippen molar-refractivity contribution >= 4 is 29.4 Å². The first-order valence-corrected chi connectivity index (χ1v) is 9.91. The summed E-state index contributed by atoms with van der Waals surface area (Å²) >= 11 is 6.42. The predicted octanol–water partition coefficient (Wildman–Crippen LogP) is 4.42. The minimum Gasteiger partial charge on any atom is -0.490 e. The Bertz CT molecular complexity index is 965. The molecule has 2 aromatic rings. The van der Waals surface area contributed by atoms with Crippen molar-refractivity contribution < 1.29 is 19.1 Å². The minimum absolute atomic E-state index is 0.0397. The van der Waals surface area contributed by atoms with Crippen molar-refractivity contribution in [1.82, 2.24) is 4.90 Å². The quantitative estimate of drug-likeness (QED) is 0.658. The maximum Gasteiger partial charge on any atom is 0.259 e. The number of rotatable bonds is 6. The van der Waals surface area contributed by atoms with Gasteiger partial charge in [-0.1, -0.05) is 35.9 Å². The number of likely N-dealkylation sites (N-methyl/N-ethyl adjacent to an activating group) is 1. The monoisotopic (exact) mass is 413 g/mol. The van der Waals surface area contributed by atoms with Crippen LogP contribution in [0.5, 0.6) is 11.5 Å². The van der Waals surface area contributed by atoms with Crippen LogP contribution in [0, 0.1) is 0 Å². The van der Waals surface area contributed by atoms with E-state index >= 15 is 0 Å². The number of Topliss-reactive ketones (excluding diaryl/α,β-unsaturated/α-hetero) is 1. The van der Waals surface area contributed by atoms with E-state index in [0.717, 1.165) is 28.7 Å². The summed E-state index contributed by atoms with van der Waals surface area (Å²) in [5.74, 6) is 0.632. The van der Waals surface area contributed by atoms with Gasteiger partial charge in [-0.2, -0.15) is 0 Å². The number of hydrogen-bond acceptors (Lipinski definition) is 4. The van der Waals surface area contributed by atoms with E-state index in [9.17, 15) is 9.59 Å². The number of carbonyl (C=O) groups excluding carboxylic acids is 2. The topological polar surface area (TPSA) is 55.8 Å². The highest BCUT2D eigenvalue weighted by Gasteiger charge is 2.22. The van der Waals surface area contributed by atoms with Gasteiger partial charge in [-0.25, -0.2) is 0 Å². The molecular formula is C23H24ClNO4. The van der Waals surface area contributed by atoms with E-state index in [2.05, 4.69) is 0 Å². The number of fused-ring (bicyclic) bond motifs is 1. The molecule has 0 unspecified atom stereocenters. The summed E-state index contributed by atoms with van der Waals surface area (Å²) in [6.07, 6.45) is 3.35. The van der Waals surface area contributed by atoms with Crippen LogP contribution in [0.2, 0.25) is 5.02 Å². The molecule has 29 heavy (non-hydrogen) atoms. The minimum atomic E-state index is -0.179. The molecule has 5 nitrogen and oxygen atoms in total. The molecule has 1 aliphatic carbocycles. The molecule has 0 fully saturated rings. The molecule has 0 saturated heterocycles. The first-order valence-electron chi connectivity index (χ1n) is 9.53. The van der Waals surface area contributed by atoms with Gasteiger partial charge in [0.2, 0.25) is 0 Å². The van der Waals surface area contributed by atoms with Gasteiger partial charge in [-0.15, -0.1) is 0 Å². The van der Waals surface area contributed by atoms with Crippen molar-refractivity contribution in [2.75, 3.05) is 27.3 Å². The molecule has 0 aliphatic heterocycles. The second-order valence-corrected chi connectivity index (χ2v) is 7.40. The number of carbonyl (C=O) groups is 2. The highest BCUT2D eigenvalue weighted by Crippen LogP contribution is 2.38. The maximum atomic E-state index is 12.8. The van der Waals surface area contributed by atoms with Crippen LogP contribution in [0.3, 0.4) is 0 Å². The zero-order valence-corrected chi connectivity index (χ0v) is 17.6. The number of benzene rings is 2. The second kappa shape index (κ2) is 9.14. The van der Waals surface area contributed by atoms with Crippen molar-refractivity contribution in [3.8, 4) is 11.5 Å². The van der Waals surface area contributed by atoms with Crippen LogP contribution in [0.4, 0.5) is 0 Å². The van der Waals surface area contributed by atoms with Gasteiger partial charge in [0.25, 0.3) is 5.91 Å². The highest BCUT2D eigenvalue weighted by atomic mass is 35.5. The summed E-state index contributed by atoms with van der Waals surface area (Å²) < 4.78 is 11.3. The van der Waals surface area contributed by atoms with Gasteiger partial charge in [0.1, 0.15) is 0 Å². The largest absolute Gasteiger partial charge is 0.490 e. The standard InChI is InChI=1S/C23H24ClNO4/c1-4-28-20-13-15(12-19(24)23(20)29-14-21(26)25(2)3)11-17-10-9-16-7-5-6-8-18(16)22(17)27/h5-8,11-13H,4,9-10,14H2,1-3H3/b17-11+. The molecule has 0 bridgehead atoms. The van der Waals surface area contributed by atoms with E-state index in [1.54, 1.807) is 26.2 Å². The summed E-state index contributed by atoms with van der Waals surface area (Å²) in [5, 5.41) is 0.331. The third kappa shape index (κ3) is 4.80. The molecule has 0 radical (unpaired) electrons. The summed E-state index contributed by atoms with van der Waals surface area (Å²) in [5.41, 5.74) is 3.33. The normalized spacial score (nSPS) is 14.5. The van der Waals surface area contributed by atoms with Crippen molar-refractivity contribution in [3.63, 3.8) is 0 Å². The summed E-state index contributed by atoms with van der Waals surface area (Å²) in [6.45, 7) is 2.14. The van der Waals surface area contributed by atoms with E-state index in [1.165, 1.54) is 4.90 Å². The second-order valence-electron chi connectivity index (χ2n) is 7.00. The Kier molecular flexibility index (Phi) is 6.60. The molecule has 0 saturated carbocycles. The lowest BCUT2D eigenvalue weighted by atomic mass is 9.86. The van der Waals surface area contributed by atoms with Gasteiger partial charge in [0, 0.05) is 25.2 Å². The molecule has 0 spiro atoms. The Labute approximate surface area is 175 Å². The number of ether oxygens (including phenoxy) is 2. The number of aryl methyl sites for hydroxylation is 1. The van der Waals surface area contributed by atoms with E-state index < -0.39 is 0 Å². The fraction of sp³-hybridized carbons (Fsp3) is 0.304. The van der Waals surface area contributed by atoms with Crippen LogP contribution in [-0.4, -0.2) is 43.9 Å². The van der Waals surface area contributed by atoms with Crippen molar-refractivity contribution in [3.05, 3.63) is 63.7 Å². The van der Waals surface area contributed by atoms with E-state index in [1.807, 2.05) is 37.3 Å². The van der Waals surface area contributed by atoms with Gasteiger partial charge in [-0.3, -0.25) is 9.59 Å². The molecule has 0 atom stereocenters. The molecule has 1 aliphatic rings. The molecule has 152 valence electrons. The van der Waals surface area contributed by atoms with Gasteiger partial charge in [0.15, 0.2) is 23.9 Å². The first-order chi connectivity index (χ1) is 13.9. The van der Waals surface area contributed by atoms with Crippen LogP contribution >= 0.6 is 11.6 Å². The Morgan fingerprint density at radius 3 is 2.66 bits per heavy atom. The zero-order valence-electron chi connectivity index (χ0n) is 16.8. The van der Waals surface area contributed by atoms with Crippen LogP contribution < -0.4 is 9.47 Å². The first kappa shape index (κ1) is 20.9. The number of amides is 1.